The highest BCUT2D eigenvalue weighted by Crippen LogP contribution is 2.37. The minimum atomic E-state index is -0.646. The largest absolute Gasteiger partial charge is 0.503 e. The molecule has 2 aromatic carbocycles. The number of ether oxygens (including phenoxy) is 1. The molecule has 6 rings (SSSR count). The van der Waals surface area contributed by atoms with Crippen molar-refractivity contribution in [1.82, 2.24) is 19.5 Å². The van der Waals surface area contributed by atoms with Crippen LogP contribution in [0.2, 0.25) is 0 Å². The third kappa shape index (κ3) is 4.95. The minimum absolute atomic E-state index is 0.0103. The molecule has 7 nitrogen and oxygen atoms in total. The van der Waals surface area contributed by atoms with Gasteiger partial charge in [-0.3, -0.25) is 4.98 Å². The first-order valence-corrected chi connectivity index (χ1v) is 13.4. The number of para-hydroxylation sites is 1. The summed E-state index contributed by atoms with van der Waals surface area (Å²) in [5, 5.41) is 14.5. The Morgan fingerprint density at radius 1 is 1.10 bits per heavy atom. The number of aromatic hydroxyl groups is 1. The minimum Gasteiger partial charge on any atom is -0.503 e. The molecule has 0 amide bonds. The van der Waals surface area contributed by atoms with Crippen molar-refractivity contribution in [2.75, 3.05) is 11.9 Å². The van der Waals surface area contributed by atoms with Crippen molar-refractivity contribution in [1.29, 1.82) is 0 Å². The quantitative estimate of drug-likeness (QED) is 0.211. The Morgan fingerprint density at radius 3 is 2.60 bits per heavy atom. The van der Waals surface area contributed by atoms with Gasteiger partial charge in [0.05, 0.1) is 19.3 Å². The Morgan fingerprint density at radius 2 is 1.88 bits per heavy atom. The van der Waals surface area contributed by atoms with E-state index in [1.165, 1.54) is 18.3 Å². The maximum atomic E-state index is 15.2. The van der Waals surface area contributed by atoms with Crippen molar-refractivity contribution in [3.05, 3.63) is 89.5 Å². The highest BCUT2D eigenvalue weighted by molar-refractivity contribution is 5.97. The lowest BCUT2D eigenvalue weighted by atomic mass is 10.1. The van der Waals surface area contributed by atoms with Gasteiger partial charge in [-0.25, -0.2) is 18.7 Å². The van der Waals surface area contributed by atoms with E-state index in [2.05, 4.69) is 20.3 Å². The monoisotopic (exact) mass is 541 g/mol. The number of nitrogens with zero attached hydrogens (tertiary/aromatic N) is 4. The average molecular weight is 542 g/mol. The van der Waals surface area contributed by atoms with Gasteiger partial charge in [-0.15, -0.1) is 0 Å². The number of hydrogen-bond donors (Lipinski definition) is 2. The summed E-state index contributed by atoms with van der Waals surface area (Å²) in [6.07, 6.45) is 7.48. The summed E-state index contributed by atoms with van der Waals surface area (Å²) >= 11 is 0. The SMILES string of the molecule is CCc1c(-c2ncc(O)c(Nc3ccncc3C)n2)c2ccccc2n1Cc1c(F)cc(OCC2CC2)cc1F. The van der Waals surface area contributed by atoms with E-state index in [0.717, 1.165) is 46.3 Å². The topological polar surface area (TPSA) is 85.1 Å². The van der Waals surface area contributed by atoms with Crippen LogP contribution in [0.5, 0.6) is 11.5 Å². The fourth-order valence-electron chi connectivity index (χ4n) is 4.95. The summed E-state index contributed by atoms with van der Waals surface area (Å²) in [6.45, 7) is 4.36. The third-order valence-electron chi connectivity index (χ3n) is 7.29. The van der Waals surface area contributed by atoms with E-state index in [4.69, 9.17) is 4.74 Å². The summed E-state index contributed by atoms with van der Waals surface area (Å²) in [4.78, 5) is 13.2. The number of benzene rings is 2. The second-order valence-corrected chi connectivity index (χ2v) is 10.1. The summed E-state index contributed by atoms with van der Waals surface area (Å²) in [7, 11) is 0. The summed E-state index contributed by atoms with van der Waals surface area (Å²) in [5.41, 5.74) is 3.98. The van der Waals surface area contributed by atoms with Crippen LogP contribution >= 0.6 is 0 Å². The smallest absolute Gasteiger partial charge is 0.177 e. The Bertz CT molecular complexity index is 1690. The maximum Gasteiger partial charge on any atom is 0.177 e. The lowest BCUT2D eigenvalue weighted by Gasteiger charge is -2.14. The predicted octanol–water partition coefficient (Wildman–Crippen LogP) is 6.93. The molecule has 9 heteroatoms. The summed E-state index contributed by atoms with van der Waals surface area (Å²) < 4.78 is 38.0. The van der Waals surface area contributed by atoms with Crippen LogP contribution in [0.3, 0.4) is 0 Å². The van der Waals surface area contributed by atoms with Gasteiger partial charge < -0.3 is 19.7 Å². The van der Waals surface area contributed by atoms with Gasteiger partial charge in [0.15, 0.2) is 17.4 Å². The summed E-state index contributed by atoms with van der Waals surface area (Å²) in [5.74, 6) is -0.0643. The van der Waals surface area contributed by atoms with Gasteiger partial charge in [0, 0.05) is 57.9 Å². The molecule has 3 heterocycles. The molecule has 1 saturated carbocycles. The predicted molar refractivity (Wildman–Crippen MR) is 150 cm³/mol. The molecule has 1 aliphatic carbocycles. The molecule has 0 bridgehead atoms. The number of fused-ring (bicyclic) bond motifs is 1. The van der Waals surface area contributed by atoms with E-state index in [0.29, 0.717) is 24.8 Å². The molecule has 0 aliphatic heterocycles. The van der Waals surface area contributed by atoms with E-state index >= 15 is 8.78 Å². The standard InChI is InChI=1S/C31H29F2N5O2/c1-3-26-29(31-35-15-28(39)30(37-31)36-25-10-11-34-14-18(25)2)21-6-4-5-7-27(21)38(26)16-22-23(32)12-20(13-24(22)33)40-17-19-8-9-19/h4-7,10-15,19,39H,3,8-9,16-17H2,1-2H3,(H,34,35,36,37). The Kier molecular flexibility index (Phi) is 6.79. The van der Waals surface area contributed by atoms with E-state index in [1.807, 2.05) is 42.7 Å². The van der Waals surface area contributed by atoms with E-state index in [-0.39, 0.29) is 29.4 Å². The normalized spacial score (nSPS) is 13.1. The van der Waals surface area contributed by atoms with Crippen LogP contribution in [-0.2, 0) is 13.0 Å². The molecule has 1 aliphatic rings. The van der Waals surface area contributed by atoms with Gasteiger partial charge >= 0.3 is 0 Å². The number of aryl methyl sites for hydroxylation is 1. The number of nitrogens with one attached hydrogen (secondary N) is 1. The lowest BCUT2D eigenvalue weighted by molar-refractivity contribution is 0.296. The van der Waals surface area contributed by atoms with Crippen molar-refractivity contribution in [2.45, 2.75) is 39.7 Å². The molecular weight excluding hydrogens is 512 g/mol. The highest BCUT2D eigenvalue weighted by Gasteiger charge is 2.24. The molecular formula is C31H29F2N5O2. The second-order valence-electron chi connectivity index (χ2n) is 10.1. The van der Waals surface area contributed by atoms with Gasteiger partial charge in [0.25, 0.3) is 0 Å². The van der Waals surface area contributed by atoms with Crippen LogP contribution < -0.4 is 10.1 Å². The van der Waals surface area contributed by atoms with Crippen LogP contribution in [0.1, 0.15) is 36.6 Å². The van der Waals surface area contributed by atoms with Crippen molar-refractivity contribution >= 4 is 22.4 Å². The molecule has 204 valence electrons. The van der Waals surface area contributed by atoms with Gasteiger partial charge in [-0.1, -0.05) is 25.1 Å². The molecule has 2 N–H and O–H groups in total. The van der Waals surface area contributed by atoms with Gasteiger partial charge in [-0.05, 0) is 49.8 Å². The number of pyridine rings is 1. The maximum absolute atomic E-state index is 15.2. The first-order chi connectivity index (χ1) is 19.4. The molecule has 1 fully saturated rings. The Balaban J connectivity index is 1.41. The van der Waals surface area contributed by atoms with Crippen molar-refractivity contribution in [3.8, 4) is 22.9 Å². The number of rotatable bonds is 9. The van der Waals surface area contributed by atoms with Crippen LogP contribution in [-0.4, -0.2) is 31.2 Å². The molecule has 0 radical (unpaired) electrons. The molecule has 0 spiro atoms. The number of anilines is 2. The molecule has 5 aromatic rings. The average Bonchev–Trinajstić information content (AvgIpc) is 3.73. The third-order valence-corrected chi connectivity index (χ3v) is 7.29. The van der Waals surface area contributed by atoms with Crippen LogP contribution in [0, 0.1) is 24.5 Å². The number of aromatic nitrogens is 4. The fourth-order valence-corrected chi connectivity index (χ4v) is 4.95. The Hall–Kier alpha value is -4.53. The number of halogens is 2. The fraction of sp³-hybridized carbons (Fsp3) is 0.258. The van der Waals surface area contributed by atoms with E-state index in [9.17, 15) is 5.11 Å². The van der Waals surface area contributed by atoms with Crippen molar-refractivity contribution in [3.63, 3.8) is 0 Å². The number of hydrogen-bond acceptors (Lipinski definition) is 6. The van der Waals surface area contributed by atoms with Gasteiger partial charge in [0.2, 0.25) is 0 Å². The van der Waals surface area contributed by atoms with Crippen LogP contribution in [0.25, 0.3) is 22.3 Å². The first kappa shape index (κ1) is 25.7. The zero-order chi connectivity index (χ0) is 27.8. The molecule has 3 aromatic heterocycles. The van der Waals surface area contributed by atoms with E-state index < -0.39 is 11.6 Å². The van der Waals surface area contributed by atoms with Crippen LogP contribution in [0.4, 0.5) is 20.3 Å². The van der Waals surface area contributed by atoms with Gasteiger partial charge in [-0.2, -0.15) is 0 Å². The van der Waals surface area contributed by atoms with Gasteiger partial charge in [0.1, 0.15) is 17.4 Å². The Labute approximate surface area is 230 Å². The zero-order valence-electron chi connectivity index (χ0n) is 22.3. The van der Waals surface area contributed by atoms with Crippen molar-refractivity contribution in [2.24, 2.45) is 5.92 Å². The molecule has 0 atom stereocenters. The lowest BCUT2D eigenvalue weighted by Crippen LogP contribution is -2.09. The molecule has 40 heavy (non-hydrogen) atoms. The van der Waals surface area contributed by atoms with Crippen molar-refractivity contribution < 1.29 is 18.6 Å². The van der Waals surface area contributed by atoms with Crippen LogP contribution in [0.15, 0.2) is 61.1 Å². The summed E-state index contributed by atoms with van der Waals surface area (Å²) in [6, 6.07) is 12.0. The highest BCUT2D eigenvalue weighted by atomic mass is 19.1. The zero-order valence-corrected chi connectivity index (χ0v) is 22.3. The van der Waals surface area contributed by atoms with E-state index in [1.54, 1.807) is 18.5 Å². The first-order valence-electron chi connectivity index (χ1n) is 13.4. The molecule has 0 unspecified atom stereocenters. The second kappa shape index (κ2) is 10.6. The molecule has 0 saturated heterocycles.